The highest BCUT2D eigenvalue weighted by Gasteiger charge is 2.30. The van der Waals surface area contributed by atoms with Crippen LogP contribution in [0.25, 0.3) is 6.08 Å². The molecule has 22 heavy (non-hydrogen) atoms. The number of hydrogen-bond donors (Lipinski definition) is 0. The third-order valence-corrected chi connectivity index (χ3v) is 3.91. The summed E-state index contributed by atoms with van der Waals surface area (Å²) in [6, 6.07) is 10.2. The molecule has 0 N–H and O–H groups in total. The van der Waals surface area contributed by atoms with E-state index in [4.69, 9.17) is 0 Å². The summed E-state index contributed by atoms with van der Waals surface area (Å²) in [6.45, 7) is 1.20. The van der Waals surface area contributed by atoms with Crippen LogP contribution in [0.3, 0.4) is 0 Å². The van der Waals surface area contributed by atoms with Gasteiger partial charge in [0, 0.05) is 36.6 Å². The summed E-state index contributed by atoms with van der Waals surface area (Å²) in [5.74, 6) is -0.469. The zero-order valence-electron chi connectivity index (χ0n) is 12.4. The fourth-order valence-corrected chi connectivity index (χ4v) is 2.80. The van der Waals surface area contributed by atoms with Gasteiger partial charge >= 0.3 is 0 Å². The number of carbonyl (C=O) groups excluding carboxylic acids is 1. The molecule has 2 aromatic rings. The molecule has 112 valence electrons. The number of likely N-dealkylation sites (N-methyl/N-ethyl adjacent to an activating group) is 1. The summed E-state index contributed by atoms with van der Waals surface area (Å²) in [4.78, 5) is 18.8. The van der Waals surface area contributed by atoms with E-state index in [2.05, 4.69) is 9.88 Å². The number of rotatable bonds is 2. The maximum absolute atomic E-state index is 13.8. The van der Waals surface area contributed by atoms with Gasteiger partial charge in [0.15, 0.2) is 5.78 Å². The predicted octanol–water partition coefficient (Wildman–Crippen LogP) is 2.90. The van der Waals surface area contributed by atoms with Crippen LogP contribution < -0.4 is 0 Å². The number of benzene rings is 1. The van der Waals surface area contributed by atoms with Crippen molar-refractivity contribution in [2.45, 2.75) is 5.92 Å². The summed E-state index contributed by atoms with van der Waals surface area (Å²) in [7, 11) is 1.97. The van der Waals surface area contributed by atoms with E-state index in [1.807, 2.05) is 19.2 Å². The van der Waals surface area contributed by atoms with E-state index < -0.39 is 0 Å². The van der Waals surface area contributed by atoms with E-state index in [1.165, 1.54) is 6.07 Å². The molecule has 1 saturated heterocycles. The molecule has 1 aliphatic rings. The average Bonchev–Trinajstić information content (AvgIpc) is 2.53. The first-order valence-corrected chi connectivity index (χ1v) is 7.23. The van der Waals surface area contributed by atoms with Gasteiger partial charge in [0.05, 0.1) is 5.92 Å². The lowest BCUT2D eigenvalue weighted by Crippen LogP contribution is -2.38. The maximum Gasteiger partial charge on any atom is 0.168 e. The van der Waals surface area contributed by atoms with Crippen molar-refractivity contribution in [3.05, 3.63) is 71.3 Å². The van der Waals surface area contributed by atoms with E-state index in [0.717, 1.165) is 5.56 Å². The van der Waals surface area contributed by atoms with Crippen LogP contribution in [0.15, 0.2) is 54.4 Å². The van der Waals surface area contributed by atoms with Crippen LogP contribution in [0.2, 0.25) is 0 Å². The van der Waals surface area contributed by atoms with Crippen LogP contribution in [0.4, 0.5) is 4.39 Å². The molecule has 0 radical (unpaired) electrons. The first-order chi connectivity index (χ1) is 10.6. The minimum atomic E-state index is -0.309. The molecule has 0 bridgehead atoms. The van der Waals surface area contributed by atoms with Crippen molar-refractivity contribution in [3.8, 4) is 0 Å². The van der Waals surface area contributed by atoms with Crippen LogP contribution in [-0.4, -0.2) is 35.8 Å². The summed E-state index contributed by atoms with van der Waals surface area (Å²) in [6.07, 6.45) is 5.05. The number of Topliss-reactive ketones (excluding diaryl/α,β-unsaturated/α-hetero) is 1. The van der Waals surface area contributed by atoms with Crippen LogP contribution in [0, 0.1) is 5.82 Å². The van der Waals surface area contributed by atoms with Crippen molar-refractivity contribution in [1.29, 1.82) is 0 Å². The number of nitrogens with zero attached hydrogens (tertiary/aromatic N) is 2. The lowest BCUT2D eigenvalue weighted by molar-refractivity contribution is -0.118. The lowest BCUT2D eigenvalue weighted by atomic mass is 9.86. The standard InChI is InChI=1S/C18H17FN2O/c1-21-11-15(10-14-4-2-3-5-17(14)19)18(22)16(12-21)13-6-8-20-9-7-13/h2-10,16H,11-12H2,1H3. The SMILES string of the molecule is CN1CC(=Cc2ccccc2F)C(=O)C(c2ccncc2)C1. The Bertz CT molecular complexity index is 712. The second-order valence-corrected chi connectivity index (χ2v) is 5.59. The van der Waals surface area contributed by atoms with Gasteiger partial charge in [-0.15, -0.1) is 0 Å². The smallest absolute Gasteiger partial charge is 0.168 e. The van der Waals surface area contributed by atoms with Gasteiger partial charge in [-0.2, -0.15) is 0 Å². The van der Waals surface area contributed by atoms with Crippen molar-refractivity contribution in [2.24, 2.45) is 0 Å². The molecule has 1 aromatic heterocycles. The highest BCUT2D eigenvalue weighted by Crippen LogP contribution is 2.27. The van der Waals surface area contributed by atoms with Crippen LogP contribution in [0.5, 0.6) is 0 Å². The number of halogens is 1. The molecule has 1 fully saturated rings. The third-order valence-electron chi connectivity index (χ3n) is 3.91. The Morgan fingerprint density at radius 3 is 2.68 bits per heavy atom. The van der Waals surface area contributed by atoms with Crippen molar-refractivity contribution in [1.82, 2.24) is 9.88 Å². The number of carbonyl (C=O) groups is 1. The highest BCUT2D eigenvalue weighted by atomic mass is 19.1. The van der Waals surface area contributed by atoms with Gasteiger partial charge in [-0.3, -0.25) is 9.78 Å². The number of piperidine rings is 1. The number of hydrogen-bond acceptors (Lipinski definition) is 3. The van der Waals surface area contributed by atoms with Gasteiger partial charge in [-0.05, 0) is 36.9 Å². The molecule has 1 aromatic carbocycles. The Morgan fingerprint density at radius 2 is 1.95 bits per heavy atom. The van der Waals surface area contributed by atoms with Crippen LogP contribution in [0.1, 0.15) is 17.0 Å². The molecule has 0 amide bonds. The summed E-state index contributed by atoms with van der Waals surface area (Å²) >= 11 is 0. The minimum absolute atomic E-state index is 0.0625. The Morgan fingerprint density at radius 1 is 1.23 bits per heavy atom. The van der Waals surface area contributed by atoms with Gasteiger partial charge < -0.3 is 4.90 Å². The zero-order valence-corrected chi connectivity index (χ0v) is 12.4. The topological polar surface area (TPSA) is 33.2 Å². The van der Waals surface area contributed by atoms with E-state index in [0.29, 0.717) is 24.2 Å². The van der Waals surface area contributed by atoms with E-state index in [-0.39, 0.29) is 17.5 Å². The van der Waals surface area contributed by atoms with E-state index in [1.54, 1.807) is 36.7 Å². The van der Waals surface area contributed by atoms with Crippen LogP contribution in [-0.2, 0) is 4.79 Å². The normalized spacial score (nSPS) is 21.3. The van der Waals surface area contributed by atoms with E-state index in [9.17, 15) is 9.18 Å². The second-order valence-electron chi connectivity index (χ2n) is 5.59. The predicted molar refractivity (Wildman–Crippen MR) is 83.9 cm³/mol. The average molecular weight is 296 g/mol. The highest BCUT2D eigenvalue weighted by molar-refractivity contribution is 6.05. The van der Waals surface area contributed by atoms with Crippen molar-refractivity contribution in [2.75, 3.05) is 20.1 Å². The van der Waals surface area contributed by atoms with Gasteiger partial charge in [0.1, 0.15) is 5.82 Å². The number of likely N-dealkylation sites (tertiary alicyclic amines) is 1. The molecule has 2 heterocycles. The van der Waals surface area contributed by atoms with Crippen LogP contribution >= 0.6 is 0 Å². The summed E-state index contributed by atoms with van der Waals surface area (Å²) < 4.78 is 13.8. The van der Waals surface area contributed by atoms with Crippen molar-refractivity contribution < 1.29 is 9.18 Å². The maximum atomic E-state index is 13.8. The summed E-state index contributed by atoms with van der Waals surface area (Å²) in [5, 5.41) is 0. The van der Waals surface area contributed by atoms with Gasteiger partial charge in [-0.25, -0.2) is 4.39 Å². The molecule has 1 atom stereocenters. The molecular formula is C18H17FN2O. The van der Waals surface area contributed by atoms with E-state index >= 15 is 0 Å². The van der Waals surface area contributed by atoms with Gasteiger partial charge in [0.2, 0.25) is 0 Å². The number of pyridine rings is 1. The Kier molecular flexibility index (Phi) is 4.11. The minimum Gasteiger partial charge on any atom is -0.301 e. The molecule has 1 unspecified atom stereocenters. The van der Waals surface area contributed by atoms with Crippen molar-refractivity contribution >= 4 is 11.9 Å². The largest absolute Gasteiger partial charge is 0.301 e. The molecular weight excluding hydrogens is 279 g/mol. The summed E-state index contributed by atoms with van der Waals surface area (Å²) in [5.41, 5.74) is 2.04. The number of ketones is 1. The fraction of sp³-hybridized carbons (Fsp3) is 0.222. The van der Waals surface area contributed by atoms with Gasteiger partial charge in [0.25, 0.3) is 0 Å². The Hall–Kier alpha value is -2.33. The zero-order chi connectivity index (χ0) is 15.5. The van der Waals surface area contributed by atoms with Crippen molar-refractivity contribution in [3.63, 3.8) is 0 Å². The Balaban J connectivity index is 1.95. The Labute approximate surface area is 129 Å². The molecule has 4 heteroatoms. The quantitative estimate of drug-likeness (QED) is 0.799. The fourth-order valence-electron chi connectivity index (χ4n) is 2.80. The second kappa shape index (κ2) is 6.20. The third kappa shape index (κ3) is 2.97. The van der Waals surface area contributed by atoms with Gasteiger partial charge in [-0.1, -0.05) is 18.2 Å². The first kappa shape index (κ1) is 14.6. The number of aromatic nitrogens is 1. The lowest BCUT2D eigenvalue weighted by Gasteiger charge is -2.30. The monoisotopic (exact) mass is 296 g/mol. The first-order valence-electron chi connectivity index (χ1n) is 7.23. The molecule has 0 aliphatic carbocycles. The molecule has 0 spiro atoms. The molecule has 3 rings (SSSR count). The molecule has 0 saturated carbocycles. The molecule has 1 aliphatic heterocycles. The molecule has 3 nitrogen and oxygen atoms in total.